The minimum atomic E-state index is -1.22. The smallest absolute Gasteiger partial charge is 0.435 e. The van der Waals surface area contributed by atoms with Gasteiger partial charge in [0.1, 0.15) is 23.9 Å². The lowest BCUT2D eigenvalue weighted by atomic mass is 9.92. The highest BCUT2D eigenvalue weighted by molar-refractivity contribution is 7.81. The zero-order valence-corrected chi connectivity index (χ0v) is 12.8. The average molecular weight is 310 g/mol. The van der Waals surface area contributed by atoms with Crippen molar-refractivity contribution in [3.05, 3.63) is 35.9 Å². The Kier molecular flexibility index (Phi) is 4.41. The quantitative estimate of drug-likeness (QED) is 0.587. The molecule has 114 valence electrons. The maximum absolute atomic E-state index is 12.1. The van der Waals surface area contributed by atoms with Crippen LogP contribution >= 0.6 is 12.6 Å². The summed E-state index contributed by atoms with van der Waals surface area (Å²) in [6.45, 7) is 1.58. The molecule has 2 unspecified atom stereocenters. The number of imide groups is 1. The van der Waals surface area contributed by atoms with Crippen LogP contribution in [0.5, 0.6) is 0 Å². The lowest BCUT2D eigenvalue weighted by molar-refractivity contribution is -0.794. The van der Waals surface area contributed by atoms with E-state index in [9.17, 15) is 19.8 Å². The predicted octanol–water partition coefficient (Wildman–Crippen LogP) is 1.70. The summed E-state index contributed by atoms with van der Waals surface area (Å²) in [6, 6.07) is 8.92. The molecule has 0 aliphatic carbocycles. The Bertz CT molecular complexity index is 550. The highest BCUT2D eigenvalue weighted by Crippen LogP contribution is 2.37. The van der Waals surface area contributed by atoms with Crippen molar-refractivity contribution >= 4 is 24.6 Å². The van der Waals surface area contributed by atoms with Crippen molar-refractivity contribution in [1.29, 1.82) is 0 Å². The van der Waals surface area contributed by atoms with E-state index in [0.717, 1.165) is 5.56 Å². The summed E-state index contributed by atoms with van der Waals surface area (Å²) in [5.41, 5.74) is -0.270. The van der Waals surface area contributed by atoms with Crippen molar-refractivity contribution < 1.29 is 24.3 Å². The monoisotopic (exact) mass is 310 g/mol. The van der Waals surface area contributed by atoms with Gasteiger partial charge < -0.3 is 10.2 Å². The lowest BCUT2D eigenvalue weighted by Gasteiger charge is -2.30. The SMILES string of the molecule is C[C@@H]1CC(O)(Cc2ccccc2)C[N+]1(C(=O)O)C(=O)CS. The first-order valence-electron chi connectivity index (χ1n) is 6.86. The molecule has 0 aromatic heterocycles. The fourth-order valence-corrected chi connectivity index (χ4v) is 3.57. The van der Waals surface area contributed by atoms with Gasteiger partial charge in [0.15, 0.2) is 0 Å². The van der Waals surface area contributed by atoms with Crippen LogP contribution in [0.2, 0.25) is 0 Å². The Hall–Kier alpha value is -1.37. The first-order valence-corrected chi connectivity index (χ1v) is 7.49. The number of carbonyl (C=O) groups is 2. The van der Waals surface area contributed by atoms with Gasteiger partial charge in [-0.1, -0.05) is 30.3 Å². The molecule has 1 heterocycles. The summed E-state index contributed by atoms with van der Waals surface area (Å²) in [7, 11) is 0. The van der Waals surface area contributed by atoms with Gasteiger partial charge in [-0.2, -0.15) is 21.9 Å². The predicted molar refractivity (Wildman–Crippen MR) is 81.2 cm³/mol. The second kappa shape index (κ2) is 5.79. The van der Waals surface area contributed by atoms with E-state index in [-0.39, 0.29) is 18.7 Å². The molecule has 1 aliphatic heterocycles. The number of rotatable bonds is 3. The number of likely N-dealkylation sites (tertiary alicyclic amines) is 1. The molecule has 6 heteroatoms. The van der Waals surface area contributed by atoms with Crippen LogP contribution in [0, 0.1) is 0 Å². The molecular weight excluding hydrogens is 290 g/mol. The van der Waals surface area contributed by atoms with Crippen molar-refractivity contribution in [2.75, 3.05) is 12.3 Å². The van der Waals surface area contributed by atoms with E-state index in [1.54, 1.807) is 6.92 Å². The number of hydrogen-bond donors (Lipinski definition) is 3. The van der Waals surface area contributed by atoms with Gasteiger partial charge in [0.2, 0.25) is 0 Å². The van der Waals surface area contributed by atoms with Crippen LogP contribution in [0.25, 0.3) is 0 Å². The number of quaternary nitrogens is 1. The standard InChI is InChI=1S/C15H19NO4S/c1-11-7-15(20,8-12-5-3-2-4-6-12)10-16(11,14(18)19)13(17)9-21/h2-6,11,20H,7-10H2,1H3,(H-,18,19,21)/p+1/t11-,15?,16?/m1/s1. The second-order valence-electron chi connectivity index (χ2n) is 5.80. The Balaban J connectivity index is 2.30. The summed E-state index contributed by atoms with van der Waals surface area (Å²) >= 11 is 3.93. The number of benzene rings is 1. The van der Waals surface area contributed by atoms with Crippen LogP contribution in [-0.4, -0.2) is 50.6 Å². The van der Waals surface area contributed by atoms with Crippen LogP contribution in [0.1, 0.15) is 18.9 Å². The third kappa shape index (κ3) is 2.84. The van der Waals surface area contributed by atoms with Crippen LogP contribution in [0.3, 0.4) is 0 Å². The number of amides is 2. The first-order chi connectivity index (χ1) is 9.84. The third-order valence-electron chi connectivity index (χ3n) is 4.27. The summed E-state index contributed by atoms with van der Waals surface area (Å²) in [5.74, 6) is -0.639. The number of hydrogen-bond acceptors (Lipinski definition) is 4. The van der Waals surface area contributed by atoms with E-state index < -0.39 is 28.1 Å². The van der Waals surface area contributed by atoms with E-state index in [0.29, 0.717) is 6.42 Å². The number of carbonyl (C=O) groups excluding carboxylic acids is 1. The zero-order chi connectivity index (χ0) is 15.7. The van der Waals surface area contributed by atoms with Gasteiger partial charge in [0.25, 0.3) is 0 Å². The molecule has 2 N–H and O–H groups in total. The molecule has 1 saturated heterocycles. The molecule has 5 nitrogen and oxygen atoms in total. The third-order valence-corrected chi connectivity index (χ3v) is 4.54. The van der Waals surface area contributed by atoms with Gasteiger partial charge in [0.05, 0.1) is 0 Å². The van der Waals surface area contributed by atoms with E-state index in [1.165, 1.54) is 0 Å². The van der Waals surface area contributed by atoms with Gasteiger partial charge in [-0.15, -0.1) is 0 Å². The Morgan fingerprint density at radius 2 is 2.00 bits per heavy atom. The molecule has 2 amide bonds. The molecule has 0 radical (unpaired) electrons. The normalized spacial score (nSPS) is 32.0. The van der Waals surface area contributed by atoms with Crippen molar-refractivity contribution in [3.63, 3.8) is 0 Å². The molecule has 21 heavy (non-hydrogen) atoms. The van der Waals surface area contributed by atoms with Gasteiger partial charge in [-0.05, 0) is 12.5 Å². The molecule has 2 rings (SSSR count). The highest BCUT2D eigenvalue weighted by atomic mass is 32.1. The zero-order valence-electron chi connectivity index (χ0n) is 11.9. The van der Waals surface area contributed by atoms with Crippen LogP contribution < -0.4 is 0 Å². The second-order valence-corrected chi connectivity index (χ2v) is 6.12. The van der Waals surface area contributed by atoms with Gasteiger partial charge >= 0.3 is 12.0 Å². The van der Waals surface area contributed by atoms with E-state index in [4.69, 9.17) is 0 Å². The van der Waals surface area contributed by atoms with Crippen molar-refractivity contribution in [2.45, 2.75) is 31.4 Å². The topological polar surface area (TPSA) is 74.6 Å². The largest absolute Gasteiger partial charge is 0.521 e. The molecule has 0 bridgehead atoms. The Labute approximate surface area is 129 Å². The molecule has 1 fully saturated rings. The Morgan fingerprint density at radius 3 is 2.52 bits per heavy atom. The minimum Gasteiger partial charge on any atom is -0.435 e. The molecule has 1 aromatic rings. The van der Waals surface area contributed by atoms with Crippen LogP contribution in [0.15, 0.2) is 30.3 Å². The fourth-order valence-electron chi connectivity index (χ4n) is 3.32. The maximum Gasteiger partial charge on any atom is 0.521 e. The summed E-state index contributed by atoms with van der Waals surface area (Å²) < 4.78 is -0.743. The number of thiol groups is 1. The number of aliphatic hydroxyl groups is 1. The average Bonchev–Trinajstić information content (AvgIpc) is 2.71. The fraction of sp³-hybridized carbons (Fsp3) is 0.467. The lowest BCUT2D eigenvalue weighted by Crippen LogP contribution is -2.60. The Morgan fingerprint density at radius 1 is 1.38 bits per heavy atom. The molecular formula is C15H20NO4S+. The van der Waals surface area contributed by atoms with Gasteiger partial charge in [-0.3, -0.25) is 0 Å². The van der Waals surface area contributed by atoms with Crippen molar-refractivity contribution in [2.24, 2.45) is 0 Å². The number of nitrogens with zero attached hydrogens (tertiary/aromatic N) is 1. The summed E-state index contributed by atoms with van der Waals surface area (Å²) in [5, 5.41) is 20.3. The molecule has 0 saturated carbocycles. The van der Waals surface area contributed by atoms with E-state index in [1.807, 2.05) is 30.3 Å². The van der Waals surface area contributed by atoms with Crippen LogP contribution in [-0.2, 0) is 11.2 Å². The molecule has 1 aromatic carbocycles. The minimum absolute atomic E-state index is 0.113. The molecule has 3 atom stereocenters. The van der Waals surface area contributed by atoms with Gasteiger partial charge in [0, 0.05) is 12.8 Å². The summed E-state index contributed by atoms with van der Waals surface area (Å²) in [6.07, 6.45) is -0.607. The molecule has 1 aliphatic rings. The summed E-state index contributed by atoms with van der Waals surface area (Å²) in [4.78, 5) is 23.8. The van der Waals surface area contributed by atoms with E-state index >= 15 is 0 Å². The molecule has 0 spiro atoms. The maximum atomic E-state index is 12.1. The highest BCUT2D eigenvalue weighted by Gasteiger charge is 2.61. The van der Waals surface area contributed by atoms with E-state index in [2.05, 4.69) is 12.6 Å². The van der Waals surface area contributed by atoms with Gasteiger partial charge in [-0.25, -0.2) is 4.79 Å². The van der Waals surface area contributed by atoms with Crippen molar-refractivity contribution in [3.8, 4) is 0 Å². The van der Waals surface area contributed by atoms with Crippen molar-refractivity contribution in [1.82, 2.24) is 0 Å². The first kappa shape index (κ1) is 16.0. The van der Waals surface area contributed by atoms with Crippen LogP contribution in [0.4, 0.5) is 4.79 Å². The number of carboxylic acid groups (broad SMARTS) is 1.